The van der Waals surface area contributed by atoms with Crippen molar-refractivity contribution in [3.63, 3.8) is 0 Å². The van der Waals surface area contributed by atoms with Gasteiger partial charge in [-0.05, 0) is 46.5 Å². The predicted octanol–water partition coefficient (Wildman–Crippen LogP) is 4.89. The number of nitrogens with zero attached hydrogens (tertiary/aromatic N) is 3. The van der Waals surface area contributed by atoms with Gasteiger partial charge in [-0.2, -0.15) is 0 Å². The number of aromatic nitrogens is 1. The van der Waals surface area contributed by atoms with Crippen molar-refractivity contribution in [2.75, 3.05) is 25.1 Å². The maximum atomic E-state index is 5.38. The second-order valence-electron chi connectivity index (χ2n) is 7.78. The van der Waals surface area contributed by atoms with Crippen molar-refractivity contribution in [1.29, 1.82) is 0 Å². The smallest absolute Gasteiger partial charge is 0.140 e. The van der Waals surface area contributed by atoms with Gasteiger partial charge in [0.1, 0.15) is 11.6 Å². The fraction of sp³-hybridized carbons (Fsp3) is 0.192. The first-order valence-electron chi connectivity index (χ1n) is 10.3. The van der Waals surface area contributed by atoms with Gasteiger partial charge in [0, 0.05) is 44.1 Å². The summed E-state index contributed by atoms with van der Waals surface area (Å²) in [6.07, 6.45) is 6.51. The average molecular weight is 396 g/mol. The van der Waals surface area contributed by atoms with Crippen LogP contribution in [-0.4, -0.2) is 30.1 Å². The Kier molecular flexibility index (Phi) is 5.08. The maximum absolute atomic E-state index is 5.38. The van der Waals surface area contributed by atoms with Gasteiger partial charge in [-0.15, -0.1) is 0 Å². The molecule has 0 N–H and O–H groups in total. The van der Waals surface area contributed by atoms with Crippen LogP contribution in [0.15, 0.2) is 90.8 Å². The molecule has 30 heavy (non-hydrogen) atoms. The van der Waals surface area contributed by atoms with Crippen LogP contribution in [0.2, 0.25) is 0 Å². The first kappa shape index (κ1) is 18.6. The Morgan fingerprint density at radius 1 is 0.933 bits per heavy atom. The third-order valence-corrected chi connectivity index (χ3v) is 5.69. The molecule has 2 aromatic carbocycles. The molecular weight excluding hydrogens is 370 g/mol. The summed E-state index contributed by atoms with van der Waals surface area (Å²) in [5, 5.41) is 0. The van der Waals surface area contributed by atoms with E-state index < -0.39 is 0 Å². The third kappa shape index (κ3) is 3.74. The lowest BCUT2D eigenvalue weighted by Crippen LogP contribution is -2.33. The molecule has 3 aromatic rings. The molecule has 0 atom stereocenters. The number of hydrogen-bond acceptors (Lipinski definition) is 4. The van der Waals surface area contributed by atoms with Crippen molar-refractivity contribution in [2.45, 2.75) is 13.1 Å². The summed E-state index contributed by atoms with van der Waals surface area (Å²) in [7, 11) is 1.72. The van der Waals surface area contributed by atoms with E-state index in [-0.39, 0.29) is 0 Å². The predicted molar refractivity (Wildman–Crippen MR) is 121 cm³/mol. The molecule has 0 radical (unpaired) electrons. The Labute approximate surface area is 177 Å². The summed E-state index contributed by atoms with van der Waals surface area (Å²) < 4.78 is 5.38. The highest BCUT2D eigenvalue weighted by Gasteiger charge is 2.27. The minimum atomic E-state index is 0.817. The first-order chi connectivity index (χ1) is 14.8. The van der Waals surface area contributed by atoms with E-state index in [1.165, 1.54) is 27.8 Å². The summed E-state index contributed by atoms with van der Waals surface area (Å²) in [6.45, 7) is 3.56. The molecule has 0 saturated heterocycles. The Hall–Kier alpha value is -3.37. The molecule has 1 aromatic heterocycles. The second kappa shape index (κ2) is 8.17. The van der Waals surface area contributed by atoms with Gasteiger partial charge in [-0.3, -0.25) is 4.90 Å². The van der Waals surface area contributed by atoms with Crippen LogP contribution in [0.25, 0.3) is 5.57 Å². The van der Waals surface area contributed by atoms with E-state index in [0.29, 0.717) is 0 Å². The Morgan fingerprint density at radius 3 is 2.67 bits per heavy atom. The van der Waals surface area contributed by atoms with E-state index in [9.17, 15) is 0 Å². The molecule has 2 aliphatic rings. The highest BCUT2D eigenvalue weighted by atomic mass is 16.5. The van der Waals surface area contributed by atoms with Crippen LogP contribution in [-0.2, 0) is 13.1 Å². The summed E-state index contributed by atoms with van der Waals surface area (Å²) in [4.78, 5) is 9.46. The van der Waals surface area contributed by atoms with Gasteiger partial charge in [-0.1, -0.05) is 48.5 Å². The van der Waals surface area contributed by atoms with Crippen molar-refractivity contribution in [2.24, 2.45) is 0 Å². The van der Waals surface area contributed by atoms with E-state index in [0.717, 1.165) is 37.7 Å². The summed E-state index contributed by atoms with van der Waals surface area (Å²) >= 11 is 0. The van der Waals surface area contributed by atoms with E-state index in [4.69, 9.17) is 9.72 Å². The van der Waals surface area contributed by atoms with Gasteiger partial charge in [0.15, 0.2) is 0 Å². The highest BCUT2D eigenvalue weighted by molar-refractivity contribution is 5.89. The number of fused-ring (bicyclic) bond motifs is 3. The SMILES string of the molecule is COc1cccc(CN2CC=C3C(=CN(Cc4ccccc4)c4ncccc43)C2)c1. The fourth-order valence-electron chi connectivity index (χ4n) is 4.27. The zero-order valence-corrected chi connectivity index (χ0v) is 17.2. The van der Waals surface area contributed by atoms with Gasteiger partial charge < -0.3 is 9.64 Å². The molecule has 5 rings (SSSR count). The fourth-order valence-corrected chi connectivity index (χ4v) is 4.27. The molecule has 3 heterocycles. The quantitative estimate of drug-likeness (QED) is 0.615. The number of benzene rings is 2. The van der Waals surface area contributed by atoms with Crippen molar-refractivity contribution in [3.05, 3.63) is 107 Å². The molecule has 0 spiro atoms. The van der Waals surface area contributed by atoms with Crippen LogP contribution in [0, 0.1) is 0 Å². The van der Waals surface area contributed by atoms with Crippen LogP contribution in [0.3, 0.4) is 0 Å². The number of pyridine rings is 1. The summed E-state index contributed by atoms with van der Waals surface area (Å²) in [6, 6.07) is 23.1. The number of ether oxygens (including phenoxy) is 1. The largest absolute Gasteiger partial charge is 0.497 e. The highest BCUT2D eigenvalue weighted by Crippen LogP contribution is 2.38. The van der Waals surface area contributed by atoms with E-state index in [1.807, 2.05) is 18.3 Å². The van der Waals surface area contributed by atoms with Gasteiger partial charge >= 0.3 is 0 Å². The van der Waals surface area contributed by atoms with E-state index >= 15 is 0 Å². The Bertz CT molecular complexity index is 1100. The Morgan fingerprint density at radius 2 is 1.80 bits per heavy atom. The third-order valence-electron chi connectivity index (χ3n) is 5.69. The van der Waals surface area contributed by atoms with Gasteiger partial charge in [0.05, 0.1) is 7.11 Å². The van der Waals surface area contributed by atoms with Crippen molar-refractivity contribution in [1.82, 2.24) is 9.88 Å². The van der Waals surface area contributed by atoms with Crippen LogP contribution in [0.4, 0.5) is 5.82 Å². The summed E-state index contributed by atoms with van der Waals surface area (Å²) in [5.41, 5.74) is 6.45. The molecule has 0 saturated carbocycles. The first-order valence-corrected chi connectivity index (χ1v) is 10.3. The minimum absolute atomic E-state index is 0.817. The lowest BCUT2D eigenvalue weighted by Gasteiger charge is -2.35. The van der Waals surface area contributed by atoms with Gasteiger partial charge in [0.2, 0.25) is 0 Å². The number of hydrogen-bond donors (Lipinski definition) is 0. The van der Waals surface area contributed by atoms with Crippen LogP contribution < -0.4 is 9.64 Å². The molecule has 150 valence electrons. The topological polar surface area (TPSA) is 28.6 Å². The Balaban J connectivity index is 1.43. The zero-order chi connectivity index (χ0) is 20.3. The zero-order valence-electron chi connectivity index (χ0n) is 17.2. The van der Waals surface area contributed by atoms with Crippen LogP contribution >= 0.6 is 0 Å². The molecule has 2 aliphatic heterocycles. The average Bonchev–Trinajstić information content (AvgIpc) is 2.80. The van der Waals surface area contributed by atoms with Crippen molar-refractivity contribution < 1.29 is 4.74 Å². The second-order valence-corrected chi connectivity index (χ2v) is 7.78. The molecule has 0 unspecified atom stereocenters. The molecule has 0 aliphatic carbocycles. The van der Waals surface area contributed by atoms with Gasteiger partial charge in [-0.25, -0.2) is 4.98 Å². The molecule has 0 amide bonds. The summed E-state index contributed by atoms with van der Waals surface area (Å²) in [5.74, 6) is 1.95. The van der Waals surface area contributed by atoms with Crippen LogP contribution in [0.1, 0.15) is 16.7 Å². The van der Waals surface area contributed by atoms with Gasteiger partial charge in [0.25, 0.3) is 0 Å². The minimum Gasteiger partial charge on any atom is -0.497 e. The van der Waals surface area contributed by atoms with E-state index in [1.54, 1.807) is 7.11 Å². The normalized spacial score (nSPS) is 15.7. The van der Waals surface area contributed by atoms with Crippen molar-refractivity contribution >= 4 is 11.4 Å². The lowest BCUT2D eigenvalue weighted by atomic mass is 9.92. The monoisotopic (exact) mass is 395 g/mol. The van der Waals surface area contributed by atoms with Crippen LogP contribution in [0.5, 0.6) is 5.75 Å². The molecular formula is C26H25N3O. The van der Waals surface area contributed by atoms with E-state index in [2.05, 4.69) is 76.7 Å². The number of anilines is 1. The molecule has 0 fully saturated rings. The number of methoxy groups -OCH3 is 1. The number of rotatable bonds is 5. The molecule has 4 nitrogen and oxygen atoms in total. The lowest BCUT2D eigenvalue weighted by molar-refractivity contribution is 0.316. The standard InChI is InChI=1S/C26H25N3O/c1-30-23-10-5-9-21(15-23)16-28-14-12-24-22(18-28)19-29(17-20-7-3-2-4-8-20)26-25(24)11-6-13-27-26/h2-13,15,19H,14,16-18H2,1H3. The molecule has 0 bridgehead atoms. The molecule has 4 heteroatoms. The van der Waals surface area contributed by atoms with Crippen molar-refractivity contribution in [3.8, 4) is 5.75 Å². The maximum Gasteiger partial charge on any atom is 0.140 e.